The smallest absolute Gasteiger partial charge is 0.0991 e. The van der Waals surface area contributed by atoms with Gasteiger partial charge in [-0.15, -0.1) is 11.3 Å². The summed E-state index contributed by atoms with van der Waals surface area (Å²) in [7, 11) is 0. The van der Waals surface area contributed by atoms with Crippen LogP contribution in [-0.2, 0) is 6.54 Å². The molecule has 4 heteroatoms. The van der Waals surface area contributed by atoms with Crippen LogP contribution in [0, 0.1) is 0 Å². The number of benzene rings is 1. The maximum Gasteiger partial charge on any atom is 0.0991 e. The van der Waals surface area contributed by atoms with Crippen molar-refractivity contribution in [3.05, 3.63) is 70.9 Å². The van der Waals surface area contributed by atoms with Crippen LogP contribution in [0.3, 0.4) is 0 Å². The quantitative estimate of drug-likeness (QED) is 0.740. The van der Waals surface area contributed by atoms with Crippen molar-refractivity contribution in [1.29, 1.82) is 0 Å². The van der Waals surface area contributed by atoms with E-state index in [4.69, 9.17) is 0 Å². The van der Waals surface area contributed by atoms with Crippen LogP contribution >= 0.6 is 11.3 Å². The highest BCUT2D eigenvalue weighted by Gasteiger charge is 2.09. The minimum absolute atomic E-state index is 0.443. The summed E-state index contributed by atoms with van der Waals surface area (Å²) in [4.78, 5) is 5.48. The molecule has 0 saturated carbocycles. The standard InChI is InChI=1S/C17H19N3S/c1-2-16(17-4-3-11-21-17)19-12-14-5-7-15(8-6-14)20-10-9-18-13-20/h3-11,13,16,19H,2,12H2,1H3. The van der Waals surface area contributed by atoms with E-state index in [1.54, 1.807) is 6.20 Å². The fourth-order valence-electron chi connectivity index (χ4n) is 2.37. The van der Waals surface area contributed by atoms with Gasteiger partial charge in [0, 0.05) is 35.5 Å². The van der Waals surface area contributed by atoms with E-state index in [-0.39, 0.29) is 0 Å². The molecule has 0 amide bonds. The Morgan fingerprint density at radius 3 is 2.71 bits per heavy atom. The summed E-state index contributed by atoms with van der Waals surface area (Å²) < 4.78 is 2.01. The summed E-state index contributed by atoms with van der Waals surface area (Å²) in [5.74, 6) is 0. The maximum absolute atomic E-state index is 4.07. The van der Waals surface area contributed by atoms with E-state index in [1.807, 2.05) is 28.4 Å². The zero-order valence-electron chi connectivity index (χ0n) is 12.1. The minimum Gasteiger partial charge on any atom is -0.306 e. The van der Waals surface area contributed by atoms with E-state index in [2.05, 4.69) is 59.0 Å². The largest absolute Gasteiger partial charge is 0.306 e. The van der Waals surface area contributed by atoms with Gasteiger partial charge in [-0.3, -0.25) is 0 Å². The van der Waals surface area contributed by atoms with Crippen molar-refractivity contribution in [2.24, 2.45) is 0 Å². The molecule has 108 valence electrons. The van der Waals surface area contributed by atoms with Gasteiger partial charge in [0.1, 0.15) is 0 Å². The summed E-state index contributed by atoms with van der Waals surface area (Å²) in [5, 5.41) is 5.77. The number of nitrogens with zero attached hydrogens (tertiary/aromatic N) is 2. The van der Waals surface area contributed by atoms with Gasteiger partial charge in [-0.25, -0.2) is 4.98 Å². The molecule has 3 rings (SSSR count). The number of thiophene rings is 1. The van der Waals surface area contributed by atoms with Crippen molar-refractivity contribution in [3.63, 3.8) is 0 Å². The number of imidazole rings is 1. The molecule has 3 nitrogen and oxygen atoms in total. The lowest BCUT2D eigenvalue weighted by Crippen LogP contribution is -2.19. The molecule has 0 radical (unpaired) electrons. The molecule has 2 heterocycles. The highest BCUT2D eigenvalue weighted by atomic mass is 32.1. The van der Waals surface area contributed by atoms with Crippen LogP contribution in [0.5, 0.6) is 0 Å². The average molecular weight is 297 g/mol. The summed E-state index contributed by atoms with van der Waals surface area (Å²) in [6, 6.07) is 13.4. The van der Waals surface area contributed by atoms with Crippen LogP contribution in [0.4, 0.5) is 0 Å². The maximum atomic E-state index is 4.07. The first-order valence-corrected chi connectivity index (χ1v) is 8.09. The third kappa shape index (κ3) is 3.40. The first-order chi connectivity index (χ1) is 10.4. The molecular formula is C17H19N3S. The molecule has 0 saturated heterocycles. The Labute approximate surface area is 129 Å². The summed E-state index contributed by atoms with van der Waals surface area (Å²) in [6.07, 6.45) is 6.67. The molecule has 3 aromatic rings. The highest BCUT2D eigenvalue weighted by molar-refractivity contribution is 7.10. The van der Waals surface area contributed by atoms with E-state index in [0.717, 1.165) is 18.7 Å². The van der Waals surface area contributed by atoms with E-state index < -0.39 is 0 Å². The van der Waals surface area contributed by atoms with Gasteiger partial charge in [0.25, 0.3) is 0 Å². The van der Waals surface area contributed by atoms with Gasteiger partial charge >= 0.3 is 0 Å². The Hall–Kier alpha value is -1.91. The van der Waals surface area contributed by atoms with E-state index in [1.165, 1.54) is 10.4 Å². The highest BCUT2D eigenvalue weighted by Crippen LogP contribution is 2.22. The van der Waals surface area contributed by atoms with Crippen LogP contribution in [0.2, 0.25) is 0 Å². The van der Waals surface area contributed by atoms with E-state index in [0.29, 0.717) is 6.04 Å². The number of nitrogens with one attached hydrogen (secondary N) is 1. The van der Waals surface area contributed by atoms with Crippen LogP contribution in [0.25, 0.3) is 5.69 Å². The van der Waals surface area contributed by atoms with Crippen LogP contribution in [0.15, 0.2) is 60.5 Å². The van der Waals surface area contributed by atoms with Crippen molar-refractivity contribution in [2.75, 3.05) is 0 Å². The van der Waals surface area contributed by atoms with Crippen molar-refractivity contribution in [3.8, 4) is 5.69 Å². The van der Waals surface area contributed by atoms with Crippen LogP contribution < -0.4 is 5.32 Å². The summed E-state index contributed by atoms with van der Waals surface area (Å²) in [5.41, 5.74) is 2.44. The summed E-state index contributed by atoms with van der Waals surface area (Å²) in [6.45, 7) is 3.11. The number of hydrogen-bond acceptors (Lipinski definition) is 3. The lowest BCUT2D eigenvalue weighted by Gasteiger charge is -2.15. The molecule has 0 spiro atoms. The molecule has 1 unspecified atom stereocenters. The van der Waals surface area contributed by atoms with E-state index in [9.17, 15) is 0 Å². The second kappa shape index (κ2) is 6.70. The Kier molecular flexibility index (Phi) is 4.48. The molecule has 1 aromatic carbocycles. The molecule has 0 aliphatic carbocycles. The fourth-order valence-corrected chi connectivity index (χ4v) is 3.26. The van der Waals surface area contributed by atoms with Crippen LogP contribution in [-0.4, -0.2) is 9.55 Å². The lowest BCUT2D eigenvalue weighted by molar-refractivity contribution is 0.526. The fraction of sp³-hybridized carbons (Fsp3) is 0.235. The van der Waals surface area contributed by atoms with Crippen LogP contribution in [0.1, 0.15) is 29.8 Å². The van der Waals surface area contributed by atoms with E-state index >= 15 is 0 Å². The molecule has 1 N–H and O–H groups in total. The second-order valence-corrected chi connectivity index (χ2v) is 5.97. The van der Waals surface area contributed by atoms with Crippen molar-refractivity contribution in [2.45, 2.75) is 25.9 Å². The third-order valence-electron chi connectivity index (χ3n) is 3.59. The van der Waals surface area contributed by atoms with Gasteiger partial charge in [-0.2, -0.15) is 0 Å². The van der Waals surface area contributed by atoms with Crippen molar-refractivity contribution in [1.82, 2.24) is 14.9 Å². The monoisotopic (exact) mass is 297 g/mol. The first-order valence-electron chi connectivity index (χ1n) is 7.21. The third-order valence-corrected chi connectivity index (χ3v) is 4.57. The molecule has 21 heavy (non-hydrogen) atoms. The average Bonchev–Trinajstić information content (AvgIpc) is 3.22. The Morgan fingerprint density at radius 2 is 2.10 bits per heavy atom. The molecule has 0 bridgehead atoms. The zero-order chi connectivity index (χ0) is 14.5. The predicted molar refractivity (Wildman–Crippen MR) is 87.8 cm³/mol. The number of hydrogen-bond donors (Lipinski definition) is 1. The topological polar surface area (TPSA) is 29.9 Å². The minimum atomic E-state index is 0.443. The molecule has 2 aromatic heterocycles. The normalized spacial score (nSPS) is 12.4. The molecule has 0 aliphatic rings. The lowest BCUT2D eigenvalue weighted by atomic mass is 10.1. The van der Waals surface area contributed by atoms with Gasteiger partial charge in [-0.05, 0) is 35.6 Å². The molecule has 1 atom stereocenters. The first kappa shape index (κ1) is 14.0. The molecule has 0 aliphatic heterocycles. The zero-order valence-corrected chi connectivity index (χ0v) is 12.9. The summed E-state index contributed by atoms with van der Waals surface area (Å²) >= 11 is 1.82. The van der Waals surface area contributed by atoms with Crippen molar-refractivity contribution < 1.29 is 0 Å². The Morgan fingerprint density at radius 1 is 1.24 bits per heavy atom. The van der Waals surface area contributed by atoms with Gasteiger partial charge in [0.2, 0.25) is 0 Å². The van der Waals surface area contributed by atoms with Gasteiger partial charge in [-0.1, -0.05) is 25.1 Å². The van der Waals surface area contributed by atoms with Crippen molar-refractivity contribution >= 4 is 11.3 Å². The SMILES string of the molecule is CCC(NCc1ccc(-n2ccnc2)cc1)c1cccs1. The molecular weight excluding hydrogens is 278 g/mol. The van der Waals surface area contributed by atoms with Gasteiger partial charge in [0.15, 0.2) is 0 Å². The predicted octanol–water partition coefficient (Wildman–Crippen LogP) is 4.17. The Bertz CT molecular complexity index is 642. The van der Waals surface area contributed by atoms with Gasteiger partial charge in [0.05, 0.1) is 6.33 Å². The van der Waals surface area contributed by atoms with Gasteiger partial charge < -0.3 is 9.88 Å². The second-order valence-electron chi connectivity index (χ2n) is 4.99. The number of aromatic nitrogens is 2. The number of rotatable bonds is 6. The molecule has 0 fully saturated rings. The Balaban J connectivity index is 1.63.